The second-order valence-electron chi connectivity index (χ2n) is 4.23. The smallest absolute Gasteiger partial charge is 0.137 e. The molecule has 0 atom stereocenters. The van der Waals surface area contributed by atoms with Crippen molar-refractivity contribution in [1.29, 1.82) is 0 Å². The average Bonchev–Trinajstić information content (AvgIpc) is 2.46. The van der Waals surface area contributed by atoms with E-state index in [0.29, 0.717) is 6.61 Å². The van der Waals surface area contributed by atoms with Crippen molar-refractivity contribution >= 4 is 23.5 Å². The molecule has 19 heavy (non-hydrogen) atoms. The molecule has 3 aromatic rings. The third-order valence-corrected chi connectivity index (χ3v) is 3.22. The van der Waals surface area contributed by atoms with E-state index in [-0.39, 0.29) is 0 Å². The molecule has 1 radical (unpaired) electrons. The Balaban J connectivity index is 1.80. The average molecular weight is 266 g/mol. The standard InChI is InChI=1S/C16H12NOS/c19-16-8-4-3-7-15(16)18-11-13-10-9-12-5-1-2-6-14(12)17-13/h1-10H,11H2. The SMILES string of the molecule is [S]c1ccccc1OCc1ccc2ccccc2n1. The Labute approximate surface area is 117 Å². The van der Waals surface area contributed by atoms with E-state index in [1.54, 1.807) is 0 Å². The van der Waals surface area contributed by atoms with Crippen molar-refractivity contribution in [3.63, 3.8) is 0 Å². The molecule has 0 fully saturated rings. The maximum Gasteiger partial charge on any atom is 0.137 e. The molecule has 0 saturated carbocycles. The number of pyridine rings is 1. The Morgan fingerprint density at radius 2 is 1.68 bits per heavy atom. The molecule has 0 unspecified atom stereocenters. The van der Waals surface area contributed by atoms with Crippen LogP contribution in [-0.2, 0) is 6.61 Å². The first-order chi connectivity index (χ1) is 9.33. The number of aromatic nitrogens is 1. The predicted molar refractivity (Wildman–Crippen MR) is 78.4 cm³/mol. The van der Waals surface area contributed by atoms with E-state index in [9.17, 15) is 0 Å². The fourth-order valence-corrected chi connectivity index (χ4v) is 2.12. The van der Waals surface area contributed by atoms with Gasteiger partial charge in [0.1, 0.15) is 12.4 Å². The van der Waals surface area contributed by atoms with Crippen LogP contribution < -0.4 is 4.74 Å². The van der Waals surface area contributed by atoms with Crippen LogP contribution in [0.1, 0.15) is 5.69 Å². The summed E-state index contributed by atoms with van der Waals surface area (Å²) in [4.78, 5) is 5.29. The van der Waals surface area contributed by atoms with E-state index in [1.165, 1.54) is 0 Å². The van der Waals surface area contributed by atoms with Gasteiger partial charge < -0.3 is 4.74 Å². The zero-order valence-electron chi connectivity index (χ0n) is 10.2. The summed E-state index contributed by atoms with van der Waals surface area (Å²) in [6.45, 7) is 0.429. The van der Waals surface area contributed by atoms with Gasteiger partial charge in [-0.3, -0.25) is 0 Å². The van der Waals surface area contributed by atoms with Gasteiger partial charge in [0.2, 0.25) is 0 Å². The summed E-state index contributed by atoms with van der Waals surface area (Å²) < 4.78 is 5.71. The summed E-state index contributed by atoms with van der Waals surface area (Å²) >= 11 is 5.20. The lowest BCUT2D eigenvalue weighted by Gasteiger charge is -2.07. The molecule has 3 heteroatoms. The molecule has 3 rings (SSSR count). The molecule has 1 heterocycles. The Hall–Kier alpha value is -2.13. The Kier molecular flexibility index (Phi) is 3.29. The Morgan fingerprint density at radius 3 is 2.58 bits per heavy atom. The number of para-hydroxylation sites is 2. The highest BCUT2D eigenvalue weighted by Crippen LogP contribution is 2.22. The van der Waals surface area contributed by atoms with Crippen molar-refractivity contribution in [3.8, 4) is 5.75 Å². The second kappa shape index (κ2) is 5.24. The fourth-order valence-electron chi connectivity index (χ4n) is 1.91. The van der Waals surface area contributed by atoms with Crippen molar-refractivity contribution < 1.29 is 4.74 Å². The molecule has 0 aliphatic carbocycles. The number of hydrogen-bond donors (Lipinski definition) is 0. The molecule has 93 valence electrons. The number of rotatable bonds is 3. The van der Waals surface area contributed by atoms with Crippen LogP contribution in [0, 0.1) is 0 Å². The number of nitrogens with zero attached hydrogens (tertiary/aromatic N) is 1. The van der Waals surface area contributed by atoms with Crippen LogP contribution in [0.4, 0.5) is 0 Å². The highest BCUT2D eigenvalue weighted by atomic mass is 32.1. The molecule has 0 spiro atoms. The van der Waals surface area contributed by atoms with Crippen molar-refractivity contribution in [2.24, 2.45) is 0 Å². The van der Waals surface area contributed by atoms with Crippen LogP contribution in [0.3, 0.4) is 0 Å². The van der Waals surface area contributed by atoms with Crippen LogP contribution in [0.2, 0.25) is 0 Å². The van der Waals surface area contributed by atoms with Crippen molar-refractivity contribution in [2.75, 3.05) is 0 Å². The maximum absolute atomic E-state index is 5.71. The zero-order chi connectivity index (χ0) is 13.1. The molecular formula is C16H12NOS. The van der Waals surface area contributed by atoms with Gasteiger partial charge >= 0.3 is 0 Å². The molecule has 0 aliphatic rings. The van der Waals surface area contributed by atoms with E-state index in [2.05, 4.69) is 11.1 Å². The molecule has 0 aliphatic heterocycles. The maximum atomic E-state index is 5.71. The first-order valence-electron chi connectivity index (χ1n) is 6.06. The normalized spacial score (nSPS) is 10.5. The number of hydrogen-bond acceptors (Lipinski definition) is 2. The molecule has 0 N–H and O–H groups in total. The van der Waals surface area contributed by atoms with Gasteiger partial charge in [0.05, 0.1) is 16.1 Å². The van der Waals surface area contributed by atoms with E-state index >= 15 is 0 Å². The first kappa shape index (κ1) is 11.9. The third kappa shape index (κ3) is 2.66. The van der Waals surface area contributed by atoms with Gasteiger partial charge in [-0.25, -0.2) is 4.98 Å². The lowest BCUT2D eigenvalue weighted by molar-refractivity contribution is 0.295. The number of benzene rings is 2. The summed E-state index contributed by atoms with van der Waals surface area (Å²) in [7, 11) is 0. The Morgan fingerprint density at radius 1 is 0.895 bits per heavy atom. The molecule has 0 saturated heterocycles. The molecular weight excluding hydrogens is 254 g/mol. The topological polar surface area (TPSA) is 22.1 Å². The third-order valence-electron chi connectivity index (χ3n) is 2.88. The summed E-state index contributed by atoms with van der Waals surface area (Å²) in [6.07, 6.45) is 0. The summed E-state index contributed by atoms with van der Waals surface area (Å²) in [5.41, 5.74) is 1.88. The van der Waals surface area contributed by atoms with Crippen LogP contribution in [0.5, 0.6) is 5.75 Å². The van der Waals surface area contributed by atoms with Gasteiger partial charge in [-0.2, -0.15) is 0 Å². The highest BCUT2D eigenvalue weighted by Gasteiger charge is 2.02. The summed E-state index contributed by atoms with van der Waals surface area (Å²) in [5, 5.41) is 1.13. The van der Waals surface area contributed by atoms with Gasteiger partial charge in [-0.1, -0.05) is 49.0 Å². The molecule has 2 aromatic carbocycles. The van der Waals surface area contributed by atoms with Gasteiger partial charge in [0.25, 0.3) is 0 Å². The van der Waals surface area contributed by atoms with Crippen molar-refractivity contribution in [1.82, 2.24) is 4.98 Å². The molecule has 0 bridgehead atoms. The van der Waals surface area contributed by atoms with Gasteiger partial charge in [0.15, 0.2) is 0 Å². The fraction of sp³-hybridized carbons (Fsp3) is 0.0625. The van der Waals surface area contributed by atoms with E-state index in [1.807, 2.05) is 54.6 Å². The zero-order valence-corrected chi connectivity index (χ0v) is 11.1. The van der Waals surface area contributed by atoms with Gasteiger partial charge in [0, 0.05) is 5.39 Å². The van der Waals surface area contributed by atoms with Crippen LogP contribution in [0.25, 0.3) is 10.9 Å². The number of fused-ring (bicyclic) bond motifs is 1. The summed E-state index contributed by atoms with van der Waals surface area (Å²) in [5.74, 6) is 0.729. The Bertz CT molecular complexity index is 712. The quantitative estimate of drug-likeness (QED) is 0.702. The largest absolute Gasteiger partial charge is 0.486 e. The van der Waals surface area contributed by atoms with Crippen LogP contribution in [0.15, 0.2) is 65.6 Å². The van der Waals surface area contributed by atoms with Gasteiger partial charge in [-0.05, 0) is 24.3 Å². The lowest BCUT2D eigenvalue weighted by atomic mass is 10.2. The highest BCUT2D eigenvalue weighted by molar-refractivity contribution is 7.80. The summed E-state index contributed by atoms with van der Waals surface area (Å²) in [6, 6.07) is 19.6. The van der Waals surface area contributed by atoms with E-state index < -0.39 is 0 Å². The van der Waals surface area contributed by atoms with Crippen LogP contribution >= 0.6 is 12.6 Å². The van der Waals surface area contributed by atoms with Crippen LogP contribution in [-0.4, -0.2) is 4.98 Å². The number of ether oxygens (including phenoxy) is 1. The minimum atomic E-state index is 0.429. The van der Waals surface area contributed by atoms with E-state index in [0.717, 1.165) is 27.2 Å². The lowest BCUT2D eigenvalue weighted by Crippen LogP contribution is -1.98. The van der Waals surface area contributed by atoms with Crippen molar-refractivity contribution in [2.45, 2.75) is 11.5 Å². The molecule has 2 nitrogen and oxygen atoms in total. The first-order valence-corrected chi connectivity index (χ1v) is 6.47. The predicted octanol–water partition coefficient (Wildman–Crippen LogP) is 4.37. The van der Waals surface area contributed by atoms with Crippen molar-refractivity contribution in [3.05, 3.63) is 66.4 Å². The van der Waals surface area contributed by atoms with Gasteiger partial charge in [-0.15, -0.1) is 0 Å². The molecule has 0 amide bonds. The monoisotopic (exact) mass is 266 g/mol. The minimum Gasteiger partial charge on any atom is -0.486 e. The molecule has 1 aromatic heterocycles. The van der Waals surface area contributed by atoms with E-state index in [4.69, 9.17) is 17.4 Å². The second-order valence-corrected chi connectivity index (χ2v) is 4.67. The minimum absolute atomic E-state index is 0.429.